The van der Waals surface area contributed by atoms with Crippen molar-refractivity contribution in [3.63, 3.8) is 0 Å². The van der Waals surface area contributed by atoms with Gasteiger partial charge in [0, 0.05) is 21.6 Å². The van der Waals surface area contributed by atoms with Gasteiger partial charge in [0.25, 0.3) is 0 Å². The number of H-pyrrole nitrogens is 1. The number of hydrogen-bond donors (Lipinski definition) is 2. The number of fused-ring (bicyclic) bond motifs is 3. The largest absolute Gasteiger partial charge is 0.338 e. The Bertz CT molecular complexity index is 1180. The number of nitrogens with zero attached hydrogens (tertiary/aromatic N) is 3. The fourth-order valence-corrected chi connectivity index (χ4v) is 3.39. The molecule has 0 aliphatic heterocycles. The molecular weight excluding hydrogens is 389 g/mol. The average Bonchev–Trinajstić information content (AvgIpc) is 3.00. The normalized spacial score (nSPS) is 11.2. The van der Waals surface area contributed by atoms with Crippen LogP contribution < -0.4 is 5.32 Å². The highest BCUT2D eigenvalue weighted by molar-refractivity contribution is 7.99. The molecule has 27 heavy (non-hydrogen) atoms. The average molecular weight is 402 g/mol. The van der Waals surface area contributed by atoms with Gasteiger partial charge in [0.05, 0.1) is 5.75 Å². The highest BCUT2D eigenvalue weighted by Crippen LogP contribution is 2.25. The van der Waals surface area contributed by atoms with E-state index in [1.54, 1.807) is 18.2 Å². The molecular formula is C18H13ClFN5OS. The summed E-state index contributed by atoms with van der Waals surface area (Å²) in [7, 11) is 0. The van der Waals surface area contributed by atoms with Crippen LogP contribution in [0.2, 0.25) is 5.02 Å². The monoisotopic (exact) mass is 401 g/mol. The first-order valence-corrected chi connectivity index (χ1v) is 9.36. The lowest BCUT2D eigenvalue weighted by atomic mass is 10.2. The van der Waals surface area contributed by atoms with Crippen molar-refractivity contribution in [3.8, 4) is 0 Å². The molecule has 0 spiro atoms. The molecule has 6 nitrogen and oxygen atoms in total. The number of nitrogens with one attached hydrogen (secondary N) is 2. The molecule has 2 aromatic carbocycles. The molecule has 0 aliphatic rings. The number of thioether (sulfide) groups is 1. The number of amides is 1. The van der Waals surface area contributed by atoms with E-state index in [-0.39, 0.29) is 17.5 Å². The van der Waals surface area contributed by atoms with Crippen LogP contribution >= 0.6 is 23.4 Å². The minimum absolute atomic E-state index is 0.119. The van der Waals surface area contributed by atoms with E-state index in [0.29, 0.717) is 32.4 Å². The van der Waals surface area contributed by atoms with Gasteiger partial charge in [-0.15, -0.1) is 10.2 Å². The molecule has 0 fully saturated rings. The molecule has 0 radical (unpaired) electrons. The van der Waals surface area contributed by atoms with Crippen LogP contribution in [0, 0.1) is 12.7 Å². The van der Waals surface area contributed by atoms with E-state index in [1.807, 2.05) is 13.0 Å². The van der Waals surface area contributed by atoms with Gasteiger partial charge in [-0.25, -0.2) is 9.37 Å². The van der Waals surface area contributed by atoms with Crippen LogP contribution in [0.3, 0.4) is 0 Å². The Morgan fingerprint density at radius 1 is 1.26 bits per heavy atom. The Labute approximate surface area is 162 Å². The molecule has 136 valence electrons. The number of aromatic amines is 1. The summed E-state index contributed by atoms with van der Waals surface area (Å²) in [6.45, 7) is 1.89. The Balaban J connectivity index is 1.49. The van der Waals surface area contributed by atoms with Crippen molar-refractivity contribution in [1.82, 2.24) is 20.2 Å². The summed E-state index contributed by atoms with van der Waals surface area (Å²) < 4.78 is 13.4. The standard InChI is InChI=1S/C18H13ClFN5OS/c1-9-2-3-10(19)6-14(9)21-15(26)8-27-18-23-17-16(24-25-18)12-7-11(20)4-5-13(12)22-17/h2-7H,8H2,1H3,(H,21,26)(H,22,23,25). The lowest BCUT2D eigenvalue weighted by Gasteiger charge is -2.08. The van der Waals surface area contributed by atoms with Crippen molar-refractivity contribution in [2.45, 2.75) is 12.1 Å². The van der Waals surface area contributed by atoms with Crippen LogP contribution in [0.1, 0.15) is 5.56 Å². The molecule has 9 heteroatoms. The summed E-state index contributed by atoms with van der Waals surface area (Å²) in [6.07, 6.45) is 0. The van der Waals surface area contributed by atoms with Crippen LogP contribution in [-0.2, 0) is 4.79 Å². The van der Waals surface area contributed by atoms with Gasteiger partial charge in [-0.05, 0) is 42.8 Å². The first kappa shape index (κ1) is 17.7. The minimum atomic E-state index is -0.350. The minimum Gasteiger partial charge on any atom is -0.338 e. The fourth-order valence-electron chi connectivity index (χ4n) is 2.64. The van der Waals surface area contributed by atoms with Crippen molar-refractivity contribution in [3.05, 3.63) is 52.8 Å². The van der Waals surface area contributed by atoms with Gasteiger partial charge in [-0.3, -0.25) is 4.79 Å². The molecule has 4 aromatic rings. The zero-order valence-corrected chi connectivity index (χ0v) is 15.7. The fraction of sp³-hybridized carbons (Fsp3) is 0.111. The molecule has 0 atom stereocenters. The predicted octanol–water partition coefficient (Wildman–Crippen LogP) is 4.34. The Morgan fingerprint density at radius 2 is 2.11 bits per heavy atom. The molecule has 1 amide bonds. The second kappa shape index (κ2) is 7.13. The van der Waals surface area contributed by atoms with Gasteiger partial charge in [-0.1, -0.05) is 29.4 Å². The predicted molar refractivity (Wildman–Crippen MR) is 105 cm³/mol. The molecule has 0 unspecified atom stereocenters. The molecule has 2 aromatic heterocycles. The number of halogens is 2. The third-order valence-electron chi connectivity index (χ3n) is 3.96. The quantitative estimate of drug-likeness (QED) is 0.497. The second-order valence-electron chi connectivity index (χ2n) is 5.90. The molecule has 0 bridgehead atoms. The van der Waals surface area contributed by atoms with Gasteiger partial charge in [-0.2, -0.15) is 0 Å². The summed E-state index contributed by atoms with van der Waals surface area (Å²) in [6, 6.07) is 9.68. The van der Waals surface area contributed by atoms with E-state index < -0.39 is 0 Å². The van der Waals surface area contributed by atoms with Gasteiger partial charge in [0.1, 0.15) is 11.3 Å². The maximum Gasteiger partial charge on any atom is 0.234 e. The van der Waals surface area contributed by atoms with Crippen LogP contribution in [-0.4, -0.2) is 31.8 Å². The smallest absolute Gasteiger partial charge is 0.234 e. The third kappa shape index (κ3) is 3.72. The number of rotatable bonds is 4. The van der Waals surface area contributed by atoms with E-state index >= 15 is 0 Å². The maximum atomic E-state index is 13.4. The molecule has 0 saturated heterocycles. The van der Waals surface area contributed by atoms with Gasteiger partial charge in [0.2, 0.25) is 11.1 Å². The lowest BCUT2D eigenvalue weighted by Crippen LogP contribution is -2.15. The SMILES string of the molecule is Cc1ccc(Cl)cc1NC(=O)CSc1nnc2c(n1)[nH]c1ccc(F)cc12. The zero-order chi connectivity index (χ0) is 19.0. The second-order valence-corrected chi connectivity index (χ2v) is 7.28. The van der Waals surface area contributed by atoms with Crippen LogP contribution in [0.4, 0.5) is 10.1 Å². The van der Waals surface area contributed by atoms with Crippen molar-refractivity contribution in [2.75, 3.05) is 11.1 Å². The number of aromatic nitrogens is 4. The Morgan fingerprint density at radius 3 is 2.96 bits per heavy atom. The number of carbonyl (C=O) groups is 1. The number of carbonyl (C=O) groups excluding carboxylic acids is 1. The maximum absolute atomic E-state index is 13.4. The topological polar surface area (TPSA) is 83.6 Å². The summed E-state index contributed by atoms with van der Waals surface area (Å²) in [5.41, 5.74) is 3.30. The lowest BCUT2D eigenvalue weighted by molar-refractivity contribution is -0.113. The van der Waals surface area contributed by atoms with Crippen LogP contribution in [0.25, 0.3) is 22.1 Å². The van der Waals surface area contributed by atoms with E-state index in [0.717, 1.165) is 22.8 Å². The summed E-state index contributed by atoms with van der Waals surface area (Å²) >= 11 is 7.12. The van der Waals surface area contributed by atoms with Gasteiger partial charge >= 0.3 is 0 Å². The number of anilines is 1. The van der Waals surface area contributed by atoms with Crippen molar-refractivity contribution in [1.29, 1.82) is 0 Å². The van der Waals surface area contributed by atoms with E-state index in [2.05, 4.69) is 25.5 Å². The van der Waals surface area contributed by atoms with Crippen LogP contribution in [0.15, 0.2) is 41.6 Å². The number of aryl methyl sites for hydroxylation is 1. The highest BCUT2D eigenvalue weighted by atomic mass is 35.5. The van der Waals surface area contributed by atoms with E-state index in [9.17, 15) is 9.18 Å². The van der Waals surface area contributed by atoms with E-state index in [1.165, 1.54) is 12.1 Å². The Kier molecular flexibility index (Phi) is 4.67. The summed E-state index contributed by atoms with van der Waals surface area (Å²) in [4.78, 5) is 19.6. The number of hydrogen-bond acceptors (Lipinski definition) is 5. The van der Waals surface area contributed by atoms with Crippen molar-refractivity contribution in [2.24, 2.45) is 0 Å². The summed E-state index contributed by atoms with van der Waals surface area (Å²) in [5.74, 6) is -0.432. The van der Waals surface area contributed by atoms with Crippen LogP contribution in [0.5, 0.6) is 0 Å². The molecule has 2 heterocycles. The molecule has 0 saturated carbocycles. The number of benzene rings is 2. The zero-order valence-electron chi connectivity index (χ0n) is 14.1. The Hall–Kier alpha value is -2.71. The highest BCUT2D eigenvalue weighted by Gasteiger charge is 2.12. The van der Waals surface area contributed by atoms with Gasteiger partial charge in [0.15, 0.2) is 5.65 Å². The van der Waals surface area contributed by atoms with Gasteiger partial charge < -0.3 is 10.3 Å². The molecule has 4 rings (SSSR count). The van der Waals surface area contributed by atoms with Crippen molar-refractivity contribution < 1.29 is 9.18 Å². The first-order valence-electron chi connectivity index (χ1n) is 8.00. The summed E-state index contributed by atoms with van der Waals surface area (Å²) in [5, 5.41) is 12.5. The first-order chi connectivity index (χ1) is 13.0. The molecule has 2 N–H and O–H groups in total. The van der Waals surface area contributed by atoms with Crippen molar-refractivity contribution >= 4 is 57.0 Å². The van der Waals surface area contributed by atoms with E-state index in [4.69, 9.17) is 11.6 Å². The third-order valence-corrected chi connectivity index (χ3v) is 5.04. The molecule has 0 aliphatic carbocycles.